The molecule has 0 aromatic carbocycles. The van der Waals surface area contributed by atoms with Gasteiger partial charge in [0.05, 0.1) is 0 Å². The van der Waals surface area contributed by atoms with Crippen LogP contribution in [-0.4, -0.2) is 37.2 Å². The van der Waals surface area contributed by atoms with Gasteiger partial charge in [-0.1, -0.05) is 260 Å². The van der Waals surface area contributed by atoms with Crippen LogP contribution in [0.4, 0.5) is 0 Å². The first-order valence-electron chi connectivity index (χ1n) is 27.1. The van der Waals surface area contributed by atoms with E-state index in [4.69, 9.17) is 14.2 Å². The Morgan fingerprint density at radius 3 is 0.705 bits per heavy atom. The highest BCUT2D eigenvalue weighted by atomic mass is 16.6. The van der Waals surface area contributed by atoms with E-state index in [0.29, 0.717) is 19.3 Å². The quantitative estimate of drug-likeness (QED) is 0.0344. The molecule has 0 bridgehead atoms. The Kier molecular flexibility index (Phi) is 45.2. The fraction of sp³-hybridized carbons (Fsp3) is 0.945. The van der Waals surface area contributed by atoms with Crippen molar-refractivity contribution in [3.63, 3.8) is 0 Å². The van der Waals surface area contributed by atoms with Crippen molar-refractivity contribution in [1.82, 2.24) is 0 Å². The third-order valence-corrected chi connectivity index (χ3v) is 12.4. The summed E-state index contributed by atoms with van der Waals surface area (Å²) in [6.45, 7) is 13.7. The Morgan fingerprint density at radius 1 is 0.279 bits per heavy atom. The van der Waals surface area contributed by atoms with Gasteiger partial charge in [0.25, 0.3) is 0 Å². The molecule has 0 radical (unpaired) electrons. The summed E-state index contributed by atoms with van der Waals surface area (Å²) in [6.07, 6.45) is 46.8. The molecule has 0 heterocycles. The molecule has 61 heavy (non-hydrogen) atoms. The molecule has 6 heteroatoms. The molecule has 0 aromatic heterocycles. The fourth-order valence-electron chi connectivity index (χ4n) is 8.29. The van der Waals surface area contributed by atoms with E-state index in [1.165, 1.54) is 180 Å². The summed E-state index contributed by atoms with van der Waals surface area (Å²) < 4.78 is 16.8. The minimum Gasteiger partial charge on any atom is -0.462 e. The van der Waals surface area contributed by atoms with E-state index in [-0.39, 0.29) is 31.1 Å². The van der Waals surface area contributed by atoms with Crippen LogP contribution in [0.1, 0.15) is 298 Å². The summed E-state index contributed by atoms with van der Waals surface area (Å²) in [4.78, 5) is 38.0. The summed E-state index contributed by atoms with van der Waals surface area (Å²) in [6, 6.07) is 0. The van der Waals surface area contributed by atoms with Gasteiger partial charge in [-0.3, -0.25) is 14.4 Å². The molecule has 0 aromatic rings. The minimum atomic E-state index is -0.763. The summed E-state index contributed by atoms with van der Waals surface area (Å²) in [5.74, 6) is 1.60. The van der Waals surface area contributed by atoms with E-state index in [1.807, 2.05) is 0 Å². The number of carbonyl (C=O) groups is 3. The molecule has 1 atom stereocenters. The van der Waals surface area contributed by atoms with Crippen molar-refractivity contribution in [1.29, 1.82) is 0 Å². The van der Waals surface area contributed by atoms with E-state index in [0.717, 1.165) is 75.5 Å². The Balaban J connectivity index is 4.23. The number of carbonyl (C=O) groups excluding carboxylic acids is 3. The monoisotopic (exact) mass is 863 g/mol. The van der Waals surface area contributed by atoms with Crippen LogP contribution in [0.3, 0.4) is 0 Å². The third kappa shape index (κ3) is 49.3. The summed E-state index contributed by atoms with van der Waals surface area (Å²) >= 11 is 0. The molecular formula is C55H106O6. The van der Waals surface area contributed by atoms with Gasteiger partial charge in [-0.25, -0.2) is 0 Å². The zero-order chi connectivity index (χ0) is 44.9. The molecular weight excluding hydrogens is 757 g/mol. The lowest BCUT2D eigenvalue weighted by atomic mass is 10.0. The number of hydrogen-bond donors (Lipinski definition) is 0. The van der Waals surface area contributed by atoms with E-state index in [1.54, 1.807) is 0 Å². The zero-order valence-electron chi connectivity index (χ0n) is 42.0. The zero-order valence-corrected chi connectivity index (χ0v) is 42.0. The summed E-state index contributed by atoms with van der Waals surface area (Å²) in [5.41, 5.74) is 0. The van der Waals surface area contributed by atoms with E-state index >= 15 is 0 Å². The molecule has 0 amide bonds. The second kappa shape index (κ2) is 46.4. The van der Waals surface area contributed by atoms with Gasteiger partial charge in [0, 0.05) is 19.3 Å². The van der Waals surface area contributed by atoms with Crippen molar-refractivity contribution >= 4 is 17.9 Å². The van der Waals surface area contributed by atoms with E-state index in [2.05, 4.69) is 41.5 Å². The smallest absolute Gasteiger partial charge is 0.306 e. The maximum atomic E-state index is 12.8. The van der Waals surface area contributed by atoms with Crippen LogP contribution in [0.2, 0.25) is 0 Å². The van der Waals surface area contributed by atoms with Crippen molar-refractivity contribution in [2.45, 2.75) is 304 Å². The molecule has 0 fully saturated rings. The van der Waals surface area contributed by atoms with Crippen LogP contribution in [0.15, 0.2) is 0 Å². The molecule has 0 aliphatic carbocycles. The first kappa shape index (κ1) is 59.4. The number of rotatable bonds is 48. The van der Waals surface area contributed by atoms with Crippen LogP contribution in [0.5, 0.6) is 0 Å². The molecule has 0 unspecified atom stereocenters. The third-order valence-electron chi connectivity index (χ3n) is 12.4. The predicted octanol–water partition coefficient (Wildman–Crippen LogP) is 17.6. The van der Waals surface area contributed by atoms with Crippen molar-refractivity contribution < 1.29 is 28.6 Å². The molecule has 0 aliphatic rings. The average Bonchev–Trinajstić information content (AvgIpc) is 3.22. The Labute approximate surface area is 380 Å². The predicted molar refractivity (Wildman–Crippen MR) is 261 cm³/mol. The second-order valence-corrected chi connectivity index (χ2v) is 20.3. The van der Waals surface area contributed by atoms with E-state index < -0.39 is 6.10 Å². The lowest BCUT2D eigenvalue weighted by Crippen LogP contribution is -2.30. The van der Waals surface area contributed by atoms with E-state index in [9.17, 15) is 14.4 Å². The minimum absolute atomic E-state index is 0.0649. The van der Waals surface area contributed by atoms with Crippen molar-refractivity contribution in [3.05, 3.63) is 0 Å². The molecule has 0 aliphatic heterocycles. The number of hydrogen-bond acceptors (Lipinski definition) is 6. The second-order valence-electron chi connectivity index (χ2n) is 20.3. The molecule has 0 rings (SSSR count). The van der Waals surface area contributed by atoms with Crippen LogP contribution in [0, 0.1) is 17.8 Å². The SMILES string of the molecule is CC(C)CCCCCCCCCCCCCCCCCCC(=O)OC[C@@H](COC(=O)CCCCCCCCCCCCCC(C)C)OC(=O)CCCCCCCCCC(C)C. The lowest BCUT2D eigenvalue weighted by Gasteiger charge is -2.18. The van der Waals surface area contributed by atoms with Gasteiger partial charge >= 0.3 is 17.9 Å². The van der Waals surface area contributed by atoms with Gasteiger partial charge in [0.1, 0.15) is 13.2 Å². The molecule has 0 N–H and O–H groups in total. The topological polar surface area (TPSA) is 78.9 Å². The van der Waals surface area contributed by atoms with Crippen molar-refractivity contribution in [2.24, 2.45) is 17.8 Å². The first-order chi connectivity index (χ1) is 29.6. The Bertz CT molecular complexity index is 945. The Hall–Kier alpha value is -1.59. The molecule has 362 valence electrons. The van der Waals surface area contributed by atoms with Gasteiger partial charge < -0.3 is 14.2 Å². The number of unbranched alkanes of at least 4 members (excludes halogenated alkanes) is 31. The summed E-state index contributed by atoms with van der Waals surface area (Å²) in [7, 11) is 0. The highest BCUT2D eigenvalue weighted by Gasteiger charge is 2.19. The fourth-order valence-corrected chi connectivity index (χ4v) is 8.29. The first-order valence-corrected chi connectivity index (χ1v) is 27.1. The lowest BCUT2D eigenvalue weighted by molar-refractivity contribution is -0.167. The van der Waals surface area contributed by atoms with Crippen molar-refractivity contribution in [2.75, 3.05) is 13.2 Å². The molecule has 0 saturated carbocycles. The number of esters is 3. The van der Waals surface area contributed by atoms with Gasteiger partial charge in [-0.2, -0.15) is 0 Å². The van der Waals surface area contributed by atoms with Crippen LogP contribution in [0.25, 0.3) is 0 Å². The maximum absolute atomic E-state index is 12.8. The van der Waals surface area contributed by atoms with Gasteiger partial charge in [0.2, 0.25) is 0 Å². The Morgan fingerprint density at radius 2 is 0.475 bits per heavy atom. The standard InChI is InChI=1S/C55H106O6/c1-49(2)41-35-29-23-18-14-11-9-7-8-10-12-16-20-26-32-38-44-53(56)59-47-52(61-55(58)46-40-34-28-22-25-31-37-43-51(5)6)48-60-54(57)45-39-33-27-21-17-13-15-19-24-30-36-42-50(3)4/h49-52H,7-48H2,1-6H3/t52-/m0/s1. The van der Waals surface area contributed by atoms with Gasteiger partial charge in [0.15, 0.2) is 6.10 Å². The summed E-state index contributed by atoms with van der Waals surface area (Å²) in [5, 5.41) is 0. The van der Waals surface area contributed by atoms with Crippen molar-refractivity contribution in [3.8, 4) is 0 Å². The highest BCUT2D eigenvalue weighted by molar-refractivity contribution is 5.71. The maximum Gasteiger partial charge on any atom is 0.306 e. The molecule has 0 spiro atoms. The average molecular weight is 863 g/mol. The number of ether oxygens (including phenoxy) is 3. The van der Waals surface area contributed by atoms with Crippen LogP contribution >= 0.6 is 0 Å². The van der Waals surface area contributed by atoms with Gasteiger partial charge in [-0.05, 0) is 37.0 Å². The highest BCUT2D eigenvalue weighted by Crippen LogP contribution is 2.18. The van der Waals surface area contributed by atoms with Crippen LogP contribution < -0.4 is 0 Å². The van der Waals surface area contributed by atoms with Crippen LogP contribution in [-0.2, 0) is 28.6 Å². The van der Waals surface area contributed by atoms with Gasteiger partial charge in [-0.15, -0.1) is 0 Å². The molecule has 6 nitrogen and oxygen atoms in total. The normalized spacial score (nSPS) is 12.1. The largest absolute Gasteiger partial charge is 0.462 e. The molecule has 0 saturated heterocycles.